The minimum absolute atomic E-state index is 0. The second-order valence-electron chi connectivity index (χ2n) is 4.89. The van der Waals surface area contributed by atoms with Gasteiger partial charge < -0.3 is 19.6 Å². The van der Waals surface area contributed by atoms with Gasteiger partial charge in [0.1, 0.15) is 6.61 Å². The molecule has 0 saturated heterocycles. The van der Waals surface area contributed by atoms with Crippen LogP contribution in [0, 0.1) is 20.2 Å². The van der Waals surface area contributed by atoms with Gasteiger partial charge in [0.15, 0.2) is 17.7 Å². The molecular formula is C14H17ClN4O8. The first-order valence-corrected chi connectivity index (χ1v) is 7.30. The van der Waals surface area contributed by atoms with Crippen LogP contribution in [-0.4, -0.2) is 42.2 Å². The summed E-state index contributed by atoms with van der Waals surface area (Å²) in [6.45, 7) is -0.376. The van der Waals surface area contributed by atoms with E-state index in [0.29, 0.717) is 28.1 Å². The van der Waals surface area contributed by atoms with E-state index in [2.05, 4.69) is 20.0 Å². The molecule has 0 spiro atoms. The minimum atomic E-state index is -1.16. The van der Waals surface area contributed by atoms with Crippen LogP contribution < -0.4 is 14.8 Å². The van der Waals surface area contributed by atoms with Crippen LogP contribution in [0.4, 0.5) is 5.69 Å². The van der Waals surface area contributed by atoms with Crippen LogP contribution >= 0.6 is 12.4 Å². The van der Waals surface area contributed by atoms with Crippen molar-refractivity contribution in [1.82, 2.24) is 4.98 Å². The number of nitrogens with zero attached hydrogens (tertiary/aromatic N) is 3. The van der Waals surface area contributed by atoms with E-state index in [9.17, 15) is 20.2 Å². The number of anilines is 1. The number of ether oxygens (including phenoxy) is 2. The smallest absolute Gasteiger partial charge is 0.296 e. The van der Waals surface area contributed by atoms with Crippen molar-refractivity contribution in [3.63, 3.8) is 0 Å². The highest BCUT2D eigenvalue weighted by Gasteiger charge is 2.17. The average molecular weight is 405 g/mol. The summed E-state index contributed by atoms with van der Waals surface area (Å²) in [5.41, 5.74) is 1.01. The van der Waals surface area contributed by atoms with Crippen LogP contribution in [0.3, 0.4) is 0 Å². The fourth-order valence-electron chi connectivity index (χ4n) is 2.26. The van der Waals surface area contributed by atoms with Gasteiger partial charge in [-0.25, -0.2) is 0 Å². The molecule has 0 saturated carbocycles. The van der Waals surface area contributed by atoms with E-state index in [-0.39, 0.29) is 25.4 Å². The lowest BCUT2D eigenvalue weighted by molar-refractivity contribution is -0.772. The van der Waals surface area contributed by atoms with Gasteiger partial charge >= 0.3 is 0 Å². The topological polar surface area (TPSA) is 148 Å². The fraction of sp³-hybridized carbons (Fsp3) is 0.357. The van der Waals surface area contributed by atoms with Gasteiger partial charge in [-0.2, -0.15) is 0 Å². The minimum Gasteiger partial charge on any atom is -0.493 e. The molecule has 13 heteroatoms. The molecule has 1 unspecified atom stereocenters. The lowest BCUT2D eigenvalue weighted by atomic mass is 10.1. The standard InChI is InChI=1S/C14H16N4O8.ClH/c1-23-12-7-9-10(3-5-15-11(9)8-13(12)24-2)16-14(26-18(21)22)4-6-25-17(19)20;/h3,5,7-8,14H,4,6H2,1-2H3,(H,15,16);1H. The molecule has 2 aromatic rings. The van der Waals surface area contributed by atoms with Gasteiger partial charge in [0.2, 0.25) is 0 Å². The van der Waals surface area contributed by atoms with Gasteiger partial charge in [0.05, 0.1) is 19.7 Å². The van der Waals surface area contributed by atoms with Crippen molar-refractivity contribution in [3.8, 4) is 11.5 Å². The van der Waals surface area contributed by atoms with Gasteiger partial charge in [0, 0.05) is 29.8 Å². The second kappa shape index (κ2) is 10.0. The zero-order valence-corrected chi connectivity index (χ0v) is 15.1. The molecule has 0 radical (unpaired) electrons. The molecule has 12 nitrogen and oxygen atoms in total. The van der Waals surface area contributed by atoms with Gasteiger partial charge in [0.25, 0.3) is 10.2 Å². The highest BCUT2D eigenvalue weighted by atomic mass is 35.5. The molecule has 0 aliphatic heterocycles. The van der Waals surface area contributed by atoms with Crippen molar-refractivity contribution >= 4 is 29.0 Å². The first-order chi connectivity index (χ1) is 12.4. The van der Waals surface area contributed by atoms with E-state index in [1.54, 1.807) is 18.2 Å². The number of benzene rings is 1. The summed E-state index contributed by atoms with van der Waals surface area (Å²) in [5, 5.41) is 22.3. The number of pyridine rings is 1. The Morgan fingerprint density at radius 3 is 2.41 bits per heavy atom. The SMILES string of the molecule is COc1cc2nccc(NC(CCO[N+](=O)[O-])O[N+](=O)[O-])c2cc1OC.Cl. The van der Waals surface area contributed by atoms with Crippen molar-refractivity contribution in [3.05, 3.63) is 44.6 Å². The summed E-state index contributed by atoms with van der Waals surface area (Å²) < 4.78 is 10.5. The number of nitrogens with one attached hydrogen (secondary N) is 1. The summed E-state index contributed by atoms with van der Waals surface area (Å²) in [5.74, 6) is 0.918. The number of aromatic nitrogens is 1. The number of rotatable bonds is 10. The van der Waals surface area contributed by atoms with Crippen molar-refractivity contribution in [2.45, 2.75) is 12.6 Å². The van der Waals surface area contributed by atoms with Gasteiger partial charge in [-0.1, -0.05) is 0 Å². The second-order valence-corrected chi connectivity index (χ2v) is 4.89. The third kappa shape index (κ3) is 5.88. The maximum absolute atomic E-state index is 10.7. The number of methoxy groups -OCH3 is 2. The van der Waals surface area contributed by atoms with Crippen molar-refractivity contribution < 1.29 is 29.3 Å². The Morgan fingerprint density at radius 1 is 1.15 bits per heavy atom. The highest BCUT2D eigenvalue weighted by molar-refractivity contribution is 5.93. The zero-order chi connectivity index (χ0) is 19.1. The quantitative estimate of drug-likeness (QED) is 0.354. The summed E-state index contributed by atoms with van der Waals surface area (Å²) in [6.07, 6.45) is 0.190. The Kier molecular flexibility index (Phi) is 8.07. The van der Waals surface area contributed by atoms with Gasteiger partial charge in [-0.15, -0.1) is 32.6 Å². The van der Waals surface area contributed by atoms with Crippen LogP contribution in [0.15, 0.2) is 24.4 Å². The lowest BCUT2D eigenvalue weighted by Gasteiger charge is -2.19. The largest absolute Gasteiger partial charge is 0.493 e. The summed E-state index contributed by atoms with van der Waals surface area (Å²) in [6, 6.07) is 4.89. The molecule has 0 amide bonds. The van der Waals surface area contributed by atoms with Crippen LogP contribution in [-0.2, 0) is 9.68 Å². The maximum Gasteiger partial charge on any atom is 0.296 e. The first-order valence-electron chi connectivity index (χ1n) is 7.30. The monoisotopic (exact) mass is 404 g/mol. The molecule has 1 heterocycles. The van der Waals surface area contributed by atoms with Crippen LogP contribution in [0.5, 0.6) is 11.5 Å². The molecule has 2 rings (SSSR count). The normalized spacial score (nSPS) is 11.0. The molecule has 0 aliphatic rings. The molecule has 0 bridgehead atoms. The van der Waals surface area contributed by atoms with E-state index >= 15 is 0 Å². The molecule has 0 aliphatic carbocycles. The number of fused-ring (bicyclic) bond motifs is 1. The van der Waals surface area contributed by atoms with Crippen molar-refractivity contribution in [2.24, 2.45) is 0 Å². The van der Waals surface area contributed by atoms with Crippen molar-refractivity contribution in [2.75, 3.05) is 26.1 Å². The van der Waals surface area contributed by atoms with Crippen LogP contribution in [0.1, 0.15) is 6.42 Å². The van der Waals surface area contributed by atoms with E-state index in [1.807, 2.05) is 0 Å². The van der Waals surface area contributed by atoms with Crippen molar-refractivity contribution in [1.29, 1.82) is 0 Å². The van der Waals surface area contributed by atoms with Crippen LogP contribution in [0.25, 0.3) is 10.9 Å². The Hall–Kier alpha value is -3.28. The lowest BCUT2D eigenvalue weighted by Crippen LogP contribution is -2.28. The summed E-state index contributed by atoms with van der Waals surface area (Å²) >= 11 is 0. The van der Waals surface area contributed by atoms with Crippen LogP contribution in [0.2, 0.25) is 0 Å². The Morgan fingerprint density at radius 2 is 1.81 bits per heavy atom. The molecule has 1 atom stereocenters. The predicted octanol–water partition coefficient (Wildman–Crippen LogP) is 2.22. The maximum atomic E-state index is 10.7. The highest BCUT2D eigenvalue weighted by Crippen LogP contribution is 2.34. The van der Waals surface area contributed by atoms with E-state index in [1.165, 1.54) is 20.4 Å². The Bertz CT molecular complexity index is 806. The number of hydrogen-bond acceptors (Lipinski definition) is 10. The first kappa shape index (κ1) is 21.8. The van der Waals surface area contributed by atoms with Gasteiger partial charge in [-0.3, -0.25) is 9.82 Å². The third-order valence-corrected chi connectivity index (χ3v) is 3.35. The fourth-order valence-corrected chi connectivity index (χ4v) is 2.26. The predicted molar refractivity (Wildman–Crippen MR) is 95.1 cm³/mol. The molecule has 1 aromatic heterocycles. The average Bonchev–Trinajstić information content (AvgIpc) is 2.59. The number of hydrogen-bond donors (Lipinski definition) is 1. The number of halogens is 1. The molecule has 148 valence electrons. The summed E-state index contributed by atoms with van der Waals surface area (Å²) in [4.78, 5) is 33.8. The Balaban J connectivity index is 0.00000364. The van der Waals surface area contributed by atoms with E-state index in [4.69, 9.17) is 9.47 Å². The molecule has 0 fully saturated rings. The zero-order valence-electron chi connectivity index (χ0n) is 14.3. The third-order valence-electron chi connectivity index (χ3n) is 3.35. The van der Waals surface area contributed by atoms with E-state index < -0.39 is 16.4 Å². The van der Waals surface area contributed by atoms with Gasteiger partial charge in [-0.05, 0) is 12.1 Å². The van der Waals surface area contributed by atoms with E-state index in [0.717, 1.165) is 0 Å². The molecule has 1 N–H and O–H groups in total. The Labute approximate surface area is 159 Å². The molecule has 27 heavy (non-hydrogen) atoms. The molecular weight excluding hydrogens is 388 g/mol. The summed E-state index contributed by atoms with van der Waals surface area (Å²) in [7, 11) is 2.96. The molecule has 1 aromatic carbocycles.